The summed E-state index contributed by atoms with van der Waals surface area (Å²) in [6.07, 6.45) is 2.38. The van der Waals surface area contributed by atoms with Crippen LogP contribution >= 0.6 is 11.3 Å². The van der Waals surface area contributed by atoms with Gasteiger partial charge < -0.3 is 5.32 Å². The largest absolute Gasteiger partial charge is 0.300 e. The molecule has 0 bridgehead atoms. The highest BCUT2D eigenvalue weighted by molar-refractivity contribution is 7.14. The molecular formula is C21H18N4O2S. The first kappa shape index (κ1) is 18.1. The summed E-state index contributed by atoms with van der Waals surface area (Å²) in [6, 6.07) is 15.3. The van der Waals surface area contributed by atoms with E-state index in [1.807, 2.05) is 23.6 Å². The molecule has 140 valence electrons. The van der Waals surface area contributed by atoms with E-state index < -0.39 is 0 Å². The van der Waals surface area contributed by atoms with Gasteiger partial charge in [-0.3, -0.25) is 14.2 Å². The summed E-state index contributed by atoms with van der Waals surface area (Å²) in [5.41, 5.74) is 3.46. The van der Waals surface area contributed by atoms with E-state index in [1.54, 1.807) is 18.2 Å². The zero-order chi connectivity index (χ0) is 19.5. The lowest BCUT2D eigenvalue weighted by molar-refractivity contribution is -0.116. The van der Waals surface area contributed by atoms with E-state index in [-0.39, 0.29) is 18.0 Å². The third-order valence-corrected chi connectivity index (χ3v) is 5.21. The number of rotatable bonds is 5. The second kappa shape index (κ2) is 7.74. The number of amides is 1. The Labute approximate surface area is 165 Å². The number of anilines is 1. The van der Waals surface area contributed by atoms with Crippen LogP contribution in [0.3, 0.4) is 0 Å². The third kappa shape index (κ3) is 3.70. The molecule has 2 aromatic heterocycles. The summed E-state index contributed by atoms with van der Waals surface area (Å²) in [4.78, 5) is 33.6. The van der Waals surface area contributed by atoms with Gasteiger partial charge in [0.25, 0.3) is 5.56 Å². The minimum atomic E-state index is -0.318. The van der Waals surface area contributed by atoms with E-state index in [0.29, 0.717) is 16.0 Å². The van der Waals surface area contributed by atoms with Gasteiger partial charge in [-0.15, -0.1) is 11.3 Å². The van der Waals surface area contributed by atoms with Crippen molar-refractivity contribution in [2.75, 3.05) is 5.32 Å². The van der Waals surface area contributed by atoms with Crippen LogP contribution in [-0.4, -0.2) is 20.4 Å². The number of hydrogen-bond acceptors (Lipinski definition) is 5. The molecule has 0 aliphatic heterocycles. The van der Waals surface area contributed by atoms with E-state index in [9.17, 15) is 9.59 Å². The number of aromatic nitrogens is 3. The van der Waals surface area contributed by atoms with Gasteiger partial charge in [0.15, 0.2) is 5.13 Å². The van der Waals surface area contributed by atoms with Crippen LogP contribution in [0.4, 0.5) is 5.13 Å². The highest BCUT2D eigenvalue weighted by Crippen LogP contribution is 2.25. The minimum absolute atomic E-state index is 0.114. The molecule has 7 heteroatoms. The molecule has 0 aliphatic carbocycles. The van der Waals surface area contributed by atoms with E-state index in [4.69, 9.17) is 0 Å². The van der Waals surface area contributed by atoms with E-state index in [2.05, 4.69) is 34.3 Å². The van der Waals surface area contributed by atoms with Crippen molar-refractivity contribution in [2.45, 2.75) is 19.9 Å². The maximum Gasteiger partial charge on any atom is 0.261 e. The molecule has 0 radical (unpaired) electrons. The van der Waals surface area contributed by atoms with Crippen LogP contribution in [0.2, 0.25) is 0 Å². The number of hydrogen-bond donors (Lipinski definition) is 1. The summed E-state index contributed by atoms with van der Waals surface area (Å²) in [5, 5.41) is 5.65. The highest BCUT2D eigenvalue weighted by Gasteiger charge is 2.11. The van der Waals surface area contributed by atoms with Gasteiger partial charge >= 0.3 is 0 Å². The van der Waals surface area contributed by atoms with E-state index in [1.165, 1.54) is 27.8 Å². The monoisotopic (exact) mass is 390 g/mol. The summed E-state index contributed by atoms with van der Waals surface area (Å²) >= 11 is 1.35. The quantitative estimate of drug-likeness (QED) is 0.563. The second-order valence-corrected chi connectivity index (χ2v) is 7.19. The van der Waals surface area contributed by atoms with Crippen LogP contribution in [0, 0.1) is 0 Å². The molecule has 4 aromatic rings. The maximum atomic E-state index is 12.5. The number of nitrogens with one attached hydrogen (secondary N) is 1. The molecule has 28 heavy (non-hydrogen) atoms. The Bertz CT molecular complexity index is 1190. The Hall–Kier alpha value is -3.32. The van der Waals surface area contributed by atoms with Gasteiger partial charge in [-0.1, -0.05) is 43.3 Å². The molecule has 0 fully saturated rings. The standard InChI is InChI=1S/C21H18N4O2S/c1-2-14-7-9-15(10-8-14)18-12-28-21(23-18)24-19(26)11-25-13-22-17-6-4-3-5-16(17)20(25)27/h3-10,12-13H,2,11H2,1H3,(H,23,24,26). The number of carbonyl (C=O) groups excluding carboxylic acids is 1. The van der Waals surface area contributed by atoms with Crippen LogP contribution in [-0.2, 0) is 17.8 Å². The van der Waals surface area contributed by atoms with Crippen molar-refractivity contribution in [2.24, 2.45) is 0 Å². The molecule has 0 saturated carbocycles. The van der Waals surface area contributed by atoms with Gasteiger partial charge in [-0.05, 0) is 24.1 Å². The number of aryl methyl sites for hydroxylation is 1. The van der Waals surface area contributed by atoms with Crippen LogP contribution in [0.25, 0.3) is 22.2 Å². The van der Waals surface area contributed by atoms with Gasteiger partial charge in [0, 0.05) is 10.9 Å². The lowest BCUT2D eigenvalue weighted by Crippen LogP contribution is -2.27. The average molecular weight is 390 g/mol. The van der Waals surface area contributed by atoms with Crippen LogP contribution in [0.15, 0.2) is 65.0 Å². The van der Waals surface area contributed by atoms with Crippen molar-refractivity contribution in [1.29, 1.82) is 0 Å². The van der Waals surface area contributed by atoms with Crippen molar-refractivity contribution in [3.63, 3.8) is 0 Å². The molecule has 2 heterocycles. The fourth-order valence-electron chi connectivity index (χ4n) is 2.91. The number of thiazole rings is 1. The molecule has 0 aliphatic rings. The number of carbonyl (C=O) groups is 1. The average Bonchev–Trinajstić information content (AvgIpc) is 3.18. The van der Waals surface area contributed by atoms with Gasteiger partial charge in [-0.25, -0.2) is 9.97 Å². The predicted molar refractivity (Wildman–Crippen MR) is 112 cm³/mol. The molecular weight excluding hydrogens is 372 g/mol. The molecule has 4 rings (SSSR count). The number of fused-ring (bicyclic) bond motifs is 1. The summed E-state index contributed by atoms with van der Waals surface area (Å²) in [5.74, 6) is -0.318. The van der Waals surface area contributed by atoms with Gasteiger partial charge in [0.05, 0.1) is 22.9 Å². The minimum Gasteiger partial charge on any atom is -0.300 e. The molecule has 0 atom stereocenters. The lowest BCUT2D eigenvalue weighted by Gasteiger charge is -2.06. The van der Waals surface area contributed by atoms with Crippen molar-refractivity contribution in [3.8, 4) is 11.3 Å². The number of benzene rings is 2. The van der Waals surface area contributed by atoms with Gasteiger partial charge in [-0.2, -0.15) is 0 Å². The Morgan fingerprint density at radius 1 is 1.14 bits per heavy atom. The third-order valence-electron chi connectivity index (χ3n) is 4.45. The fourth-order valence-corrected chi connectivity index (χ4v) is 3.64. The van der Waals surface area contributed by atoms with E-state index in [0.717, 1.165) is 17.7 Å². The van der Waals surface area contributed by atoms with Crippen molar-refractivity contribution in [1.82, 2.24) is 14.5 Å². The van der Waals surface area contributed by atoms with Crippen molar-refractivity contribution in [3.05, 3.63) is 76.2 Å². The summed E-state index contributed by atoms with van der Waals surface area (Å²) in [7, 11) is 0. The molecule has 2 aromatic carbocycles. The van der Waals surface area contributed by atoms with Crippen LogP contribution in [0.1, 0.15) is 12.5 Å². The molecule has 0 spiro atoms. The molecule has 6 nitrogen and oxygen atoms in total. The molecule has 0 unspecified atom stereocenters. The first-order valence-corrected chi connectivity index (χ1v) is 9.81. The van der Waals surface area contributed by atoms with Gasteiger partial charge in [0.1, 0.15) is 6.54 Å². The normalized spacial score (nSPS) is 10.9. The van der Waals surface area contributed by atoms with Gasteiger partial charge in [0.2, 0.25) is 5.91 Å². The smallest absolute Gasteiger partial charge is 0.261 e. The summed E-state index contributed by atoms with van der Waals surface area (Å²) < 4.78 is 1.30. The van der Waals surface area contributed by atoms with Crippen molar-refractivity contribution < 1.29 is 4.79 Å². The number of nitrogens with zero attached hydrogens (tertiary/aromatic N) is 3. The Balaban J connectivity index is 1.48. The fraction of sp³-hybridized carbons (Fsp3) is 0.143. The Morgan fingerprint density at radius 2 is 1.93 bits per heavy atom. The zero-order valence-corrected chi connectivity index (χ0v) is 16.1. The first-order chi connectivity index (χ1) is 13.6. The first-order valence-electron chi connectivity index (χ1n) is 8.93. The maximum absolute atomic E-state index is 12.5. The number of para-hydroxylation sites is 1. The molecule has 1 N–H and O–H groups in total. The van der Waals surface area contributed by atoms with Crippen molar-refractivity contribution >= 4 is 33.3 Å². The Kier molecular flexibility index (Phi) is 4.99. The summed E-state index contributed by atoms with van der Waals surface area (Å²) in [6.45, 7) is 2.00. The molecule has 1 amide bonds. The zero-order valence-electron chi connectivity index (χ0n) is 15.3. The topological polar surface area (TPSA) is 76.9 Å². The van der Waals surface area contributed by atoms with E-state index >= 15 is 0 Å². The SMILES string of the molecule is CCc1ccc(-c2csc(NC(=O)Cn3cnc4ccccc4c3=O)n2)cc1. The highest BCUT2D eigenvalue weighted by atomic mass is 32.1. The molecule has 0 saturated heterocycles. The predicted octanol–water partition coefficient (Wildman–Crippen LogP) is 3.72. The van der Waals surface area contributed by atoms with Crippen LogP contribution < -0.4 is 10.9 Å². The Morgan fingerprint density at radius 3 is 2.71 bits per heavy atom. The lowest BCUT2D eigenvalue weighted by atomic mass is 10.1. The van der Waals surface area contributed by atoms with Crippen LogP contribution in [0.5, 0.6) is 0 Å². The second-order valence-electron chi connectivity index (χ2n) is 6.33.